The smallest absolute Gasteiger partial charge is 0.0701 e. The Hall–Kier alpha value is 0.270. The van der Waals surface area contributed by atoms with E-state index < -0.39 is 0 Å². The van der Waals surface area contributed by atoms with Gasteiger partial charge in [0.05, 0.1) is 11.7 Å². The lowest BCUT2D eigenvalue weighted by atomic mass is 9.71. The van der Waals surface area contributed by atoms with Crippen LogP contribution in [0.1, 0.15) is 46.5 Å². The van der Waals surface area contributed by atoms with E-state index >= 15 is 0 Å². The van der Waals surface area contributed by atoms with Crippen LogP contribution < -0.4 is 0 Å². The highest BCUT2D eigenvalue weighted by Gasteiger charge is 2.42. The zero-order valence-electron chi connectivity index (χ0n) is 12.0. The van der Waals surface area contributed by atoms with Crippen molar-refractivity contribution in [2.24, 2.45) is 17.8 Å². The molecule has 0 amide bonds. The van der Waals surface area contributed by atoms with Crippen molar-refractivity contribution in [3.63, 3.8) is 0 Å². The number of ether oxygens (including phenoxy) is 1. The lowest BCUT2D eigenvalue weighted by molar-refractivity contribution is -0.122. The lowest BCUT2D eigenvalue weighted by Gasteiger charge is -2.46. The van der Waals surface area contributed by atoms with Gasteiger partial charge >= 0.3 is 0 Å². The zero-order valence-corrected chi connectivity index (χ0v) is 12.8. The molecule has 0 aromatic carbocycles. The van der Waals surface area contributed by atoms with Crippen LogP contribution in [0.2, 0.25) is 0 Å². The minimum atomic E-state index is -0.192. The Morgan fingerprint density at radius 1 is 1.22 bits per heavy atom. The first-order valence-electron chi connectivity index (χ1n) is 7.44. The van der Waals surface area contributed by atoms with Crippen LogP contribution in [-0.4, -0.2) is 34.9 Å². The SMILES string of the molecule is CC(C)C(C(C)O)C1CCOC2(CCSCC2)C1. The van der Waals surface area contributed by atoms with Crippen LogP contribution in [-0.2, 0) is 4.74 Å². The van der Waals surface area contributed by atoms with E-state index in [-0.39, 0.29) is 11.7 Å². The highest BCUT2D eigenvalue weighted by Crippen LogP contribution is 2.44. The van der Waals surface area contributed by atoms with Crippen molar-refractivity contribution in [2.75, 3.05) is 18.1 Å². The first-order valence-corrected chi connectivity index (χ1v) is 8.59. The van der Waals surface area contributed by atoms with Crippen LogP contribution in [0.4, 0.5) is 0 Å². The average Bonchev–Trinajstić information content (AvgIpc) is 2.29. The molecule has 0 aromatic rings. The van der Waals surface area contributed by atoms with Gasteiger partial charge < -0.3 is 9.84 Å². The van der Waals surface area contributed by atoms with E-state index in [1.807, 2.05) is 6.92 Å². The molecule has 2 rings (SSSR count). The van der Waals surface area contributed by atoms with Gasteiger partial charge in [-0.1, -0.05) is 13.8 Å². The third-order valence-corrected chi connectivity index (χ3v) is 5.79. The second kappa shape index (κ2) is 6.15. The van der Waals surface area contributed by atoms with E-state index in [1.54, 1.807) is 0 Å². The van der Waals surface area contributed by atoms with Gasteiger partial charge in [0.25, 0.3) is 0 Å². The predicted molar refractivity (Wildman–Crippen MR) is 78.0 cm³/mol. The fourth-order valence-electron chi connectivity index (χ4n) is 3.98. The van der Waals surface area contributed by atoms with E-state index in [1.165, 1.54) is 30.8 Å². The Kier molecular flexibility index (Phi) is 5.01. The van der Waals surface area contributed by atoms with E-state index in [4.69, 9.17) is 4.74 Å². The number of thioether (sulfide) groups is 1. The van der Waals surface area contributed by atoms with Crippen molar-refractivity contribution >= 4 is 11.8 Å². The molecule has 0 aromatic heterocycles. The van der Waals surface area contributed by atoms with Gasteiger partial charge in [-0.15, -0.1) is 0 Å². The zero-order chi connectivity index (χ0) is 13.2. The van der Waals surface area contributed by atoms with Crippen LogP contribution in [0, 0.1) is 17.8 Å². The lowest BCUT2D eigenvalue weighted by Crippen LogP contribution is -2.46. The standard InChI is InChI=1S/C15H28O2S/c1-11(2)14(12(3)16)13-4-7-17-15(10-13)5-8-18-9-6-15/h11-14,16H,4-10H2,1-3H3. The third-order valence-electron chi connectivity index (χ3n) is 4.81. The van der Waals surface area contributed by atoms with Gasteiger partial charge in [-0.2, -0.15) is 11.8 Å². The highest BCUT2D eigenvalue weighted by atomic mass is 32.2. The molecule has 0 aliphatic carbocycles. The van der Waals surface area contributed by atoms with Gasteiger partial charge in [0.15, 0.2) is 0 Å². The summed E-state index contributed by atoms with van der Waals surface area (Å²) in [5.74, 6) is 4.12. The maximum Gasteiger partial charge on any atom is 0.0701 e. The summed E-state index contributed by atoms with van der Waals surface area (Å²) in [6, 6.07) is 0. The molecule has 2 aliphatic rings. The van der Waals surface area contributed by atoms with E-state index in [9.17, 15) is 5.11 Å². The van der Waals surface area contributed by atoms with E-state index in [0.717, 1.165) is 13.0 Å². The molecule has 1 spiro atoms. The minimum absolute atomic E-state index is 0.149. The maximum atomic E-state index is 10.1. The molecule has 2 aliphatic heterocycles. The number of rotatable bonds is 3. The molecule has 2 fully saturated rings. The molecular formula is C15H28O2S. The summed E-state index contributed by atoms with van der Waals surface area (Å²) in [7, 11) is 0. The van der Waals surface area contributed by atoms with Crippen molar-refractivity contribution < 1.29 is 9.84 Å². The summed E-state index contributed by atoms with van der Waals surface area (Å²) in [4.78, 5) is 0. The molecule has 18 heavy (non-hydrogen) atoms. The third kappa shape index (κ3) is 3.23. The molecule has 2 saturated heterocycles. The molecule has 2 nitrogen and oxygen atoms in total. The predicted octanol–water partition coefficient (Wildman–Crippen LogP) is 3.33. The molecule has 106 valence electrons. The van der Waals surface area contributed by atoms with Gasteiger partial charge in [-0.3, -0.25) is 0 Å². The number of hydrogen-bond donors (Lipinski definition) is 1. The summed E-state index contributed by atoms with van der Waals surface area (Å²) in [6.07, 6.45) is 4.52. The average molecular weight is 272 g/mol. The Morgan fingerprint density at radius 2 is 1.89 bits per heavy atom. The molecule has 3 unspecified atom stereocenters. The van der Waals surface area contributed by atoms with Crippen molar-refractivity contribution in [1.29, 1.82) is 0 Å². The van der Waals surface area contributed by atoms with Gasteiger partial charge in [-0.05, 0) is 61.9 Å². The van der Waals surface area contributed by atoms with E-state index in [0.29, 0.717) is 17.8 Å². The fourth-order valence-corrected chi connectivity index (χ4v) is 5.22. The molecule has 3 heteroatoms. The largest absolute Gasteiger partial charge is 0.393 e. The van der Waals surface area contributed by atoms with Crippen molar-refractivity contribution in [3.8, 4) is 0 Å². The number of hydrogen-bond acceptors (Lipinski definition) is 3. The van der Waals surface area contributed by atoms with Crippen LogP contribution >= 0.6 is 11.8 Å². The molecule has 0 saturated carbocycles. The van der Waals surface area contributed by atoms with Crippen molar-refractivity contribution in [1.82, 2.24) is 0 Å². The molecule has 3 atom stereocenters. The number of aliphatic hydroxyl groups is 1. The second-order valence-corrected chi connectivity index (χ2v) is 7.68. The van der Waals surface area contributed by atoms with Crippen molar-refractivity contribution in [2.45, 2.75) is 58.2 Å². The van der Waals surface area contributed by atoms with Crippen LogP contribution in [0.3, 0.4) is 0 Å². The Labute approximate surface area is 116 Å². The Balaban J connectivity index is 2.04. The summed E-state index contributed by atoms with van der Waals surface area (Å²) in [6.45, 7) is 7.35. The fraction of sp³-hybridized carbons (Fsp3) is 1.00. The first-order chi connectivity index (χ1) is 8.54. The highest BCUT2D eigenvalue weighted by molar-refractivity contribution is 7.99. The maximum absolute atomic E-state index is 10.1. The van der Waals surface area contributed by atoms with Crippen LogP contribution in [0.5, 0.6) is 0 Å². The minimum Gasteiger partial charge on any atom is -0.393 e. The van der Waals surface area contributed by atoms with Gasteiger partial charge in [-0.25, -0.2) is 0 Å². The van der Waals surface area contributed by atoms with Crippen molar-refractivity contribution in [3.05, 3.63) is 0 Å². The Morgan fingerprint density at radius 3 is 2.44 bits per heavy atom. The van der Waals surface area contributed by atoms with Crippen LogP contribution in [0.25, 0.3) is 0 Å². The quantitative estimate of drug-likeness (QED) is 0.854. The van der Waals surface area contributed by atoms with Crippen LogP contribution in [0.15, 0.2) is 0 Å². The second-order valence-electron chi connectivity index (χ2n) is 6.46. The number of aliphatic hydroxyl groups excluding tert-OH is 1. The summed E-state index contributed by atoms with van der Waals surface area (Å²) in [5, 5.41) is 10.1. The molecular weight excluding hydrogens is 244 g/mol. The van der Waals surface area contributed by atoms with Gasteiger partial charge in [0.2, 0.25) is 0 Å². The normalized spacial score (nSPS) is 31.5. The summed E-state index contributed by atoms with van der Waals surface area (Å²) in [5.41, 5.74) is 0.149. The summed E-state index contributed by atoms with van der Waals surface area (Å²) < 4.78 is 6.15. The topological polar surface area (TPSA) is 29.5 Å². The monoisotopic (exact) mass is 272 g/mol. The first kappa shape index (κ1) is 14.7. The molecule has 0 bridgehead atoms. The Bertz CT molecular complexity index is 246. The van der Waals surface area contributed by atoms with E-state index in [2.05, 4.69) is 25.6 Å². The van der Waals surface area contributed by atoms with Gasteiger partial charge in [0.1, 0.15) is 0 Å². The summed E-state index contributed by atoms with van der Waals surface area (Å²) >= 11 is 2.06. The van der Waals surface area contributed by atoms with Gasteiger partial charge in [0, 0.05) is 6.61 Å². The molecule has 0 radical (unpaired) electrons. The molecule has 2 heterocycles. The molecule has 1 N–H and O–H groups in total.